The Morgan fingerprint density at radius 3 is 2.41 bits per heavy atom. The minimum absolute atomic E-state index is 0.0133. The van der Waals surface area contributed by atoms with Gasteiger partial charge in [-0.05, 0) is 42.3 Å². The molecule has 2 N–H and O–H groups in total. The Labute approximate surface area is 175 Å². The maximum absolute atomic E-state index is 14.0. The number of alkyl halides is 3. The Balaban J connectivity index is 1.95. The lowest BCUT2D eigenvalue weighted by atomic mass is 9.91. The van der Waals surface area contributed by atoms with Crippen LogP contribution >= 0.6 is 23.2 Å². The van der Waals surface area contributed by atoms with Crippen molar-refractivity contribution in [2.75, 3.05) is 6.54 Å². The molecule has 154 valence electrons. The summed E-state index contributed by atoms with van der Waals surface area (Å²) in [6.45, 7) is 2.47. The van der Waals surface area contributed by atoms with Gasteiger partial charge in [-0.3, -0.25) is 15.1 Å². The van der Waals surface area contributed by atoms with Crippen LogP contribution in [0.3, 0.4) is 0 Å². The summed E-state index contributed by atoms with van der Waals surface area (Å²) < 4.78 is 41.9. The molecule has 1 heterocycles. The van der Waals surface area contributed by atoms with Crippen LogP contribution in [0, 0.1) is 0 Å². The van der Waals surface area contributed by atoms with Crippen LogP contribution in [0.15, 0.2) is 48.5 Å². The van der Waals surface area contributed by atoms with Crippen LogP contribution in [0.4, 0.5) is 13.2 Å². The molecule has 9 heteroatoms. The zero-order valence-corrected chi connectivity index (χ0v) is 16.8. The molecule has 2 aromatic rings. The molecule has 29 heavy (non-hydrogen) atoms. The van der Waals surface area contributed by atoms with Crippen LogP contribution in [0.5, 0.6) is 0 Å². The molecule has 0 aromatic heterocycles. The second-order valence-electron chi connectivity index (χ2n) is 6.46. The smallest absolute Gasteiger partial charge is 0.352 e. The molecule has 0 spiro atoms. The van der Waals surface area contributed by atoms with Crippen molar-refractivity contribution in [1.82, 2.24) is 10.8 Å². The molecule has 0 saturated heterocycles. The van der Waals surface area contributed by atoms with Crippen molar-refractivity contribution in [3.63, 3.8) is 0 Å². The SMILES string of the molecule is CCCNC(=O)c1ccc(C2=CC(c3ccc(Cl)c(Cl)c3)(C(F)(F)F)ON2)cc1. The molecule has 0 saturated carbocycles. The minimum atomic E-state index is -4.76. The van der Waals surface area contributed by atoms with Crippen molar-refractivity contribution in [1.29, 1.82) is 0 Å². The van der Waals surface area contributed by atoms with Crippen LogP contribution in [-0.4, -0.2) is 18.6 Å². The molecule has 1 amide bonds. The molecule has 0 bridgehead atoms. The van der Waals surface area contributed by atoms with E-state index in [1.807, 2.05) is 6.92 Å². The fourth-order valence-corrected chi connectivity index (χ4v) is 3.15. The average molecular weight is 445 g/mol. The van der Waals surface area contributed by atoms with Crippen molar-refractivity contribution in [2.24, 2.45) is 0 Å². The highest BCUT2D eigenvalue weighted by atomic mass is 35.5. The van der Waals surface area contributed by atoms with E-state index in [2.05, 4.69) is 10.8 Å². The average Bonchev–Trinajstić information content (AvgIpc) is 3.15. The van der Waals surface area contributed by atoms with Gasteiger partial charge in [0.2, 0.25) is 5.60 Å². The number of amides is 1. The van der Waals surface area contributed by atoms with Gasteiger partial charge >= 0.3 is 6.18 Å². The number of hydrogen-bond donors (Lipinski definition) is 2. The summed E-state index contributed by atoms with van der Waals surface area (Å²) in [4.78, 5) is 17.0. The van der Waals surface area contributed by atoms with E-state index in [4.69, 9.17) is 28.0 Å². The molecule has 0 fully saturated rings. The normalized spacial score (nSPS) is 18.9. The van der Waals surface area contributed by atoms with Crippen LogP contribution in [0.2, 0.25) is 10.0 Å². The summed E-state index contributed by atoms with van der Waals surface area (Å²) >= 11 is 11.7. The van der Waals surface area contributed by atoms with E-state index >= 15 is 0 Å². The quantitative estimate of drug-likeness (QED) is 0.642. The zero-order chi connectivity index (χ0) is 21.2. The fraction of sp³-hybridized carbons (Fsp3) is 0.250. The third-order valence-electron chi connectivity index (χ3n) is 4.43. The first-order valence-electron chi connectivity index (χ1n) is 8.75. The lowest BCUT2D eigenvalue weighted by Gasteiger charge is -2.28. The summed E-state index contributed by atoms with van der Waals surface area (Å²) in [5.41, 5.74) is 0.375. The van der Waals surface area contributed by atoms with Gasteiger partial charge in [-0.15, -0.1) is 0 Å². The monoisotopic (exact) mass is 444 g/mol. The van der Waals surface area contributed by atoms with Crippen molar-refractivity contribution in [3.8, 4) is 0 Å². The molecule has 0 aliphatic carbocycles. The maximum atomic E-state index is 14.0. The van der Waals surface area contributed by atoms with E-state index in [9.17, 15) is 18.0 Å². The van der Waals surface area contributed by atoms with Gasteiger partial charge in [0.15, 0.2) is 0 Å². The second-order valence-corrected chi connectivity index (χ2v) is 7.27. The summed E-state index contributed by atoms with van der Waals surface area (Å²) in [6, 6.07) is 9.79. The second kappa shape index (κ2) is 8.26. The molecular weight excluding hydrogens is 428 g/mol. The highest BCUT2D eigenvalue weighted by molar-refractivity contribution is 6.42. The Kier molecular flexibility index (Phi) is 6.12. The van der Waals surface area contributed by atoms with E-state index in [0.717, 1.165) is 18.6 Å². The Morgan fingerprint density at radius 2 is 1.83 bits per heavy atom. The lowest BCUT2D eigenvalue weighted by molar-refractivity contribution is -0.269. The van der Waals surface area contributed by atoms with Gasteiger partial charge < -0.3 is 5.32 Å². The van der Waals surface area contributed by atoms with Gasteiger partial charge in [0, 0.05) is 17.7 Å². The fourth-order valence-electron chi connectivity index (χ4n) is 2.85. The van der Waals surface area contributed by atoms with Crippen LogP contribution in [-0.2, 0) is 10.4 Å². The number of nitrogens with one attached hydrogen (secondary N) is 2. The molecule has 3 rings (SSSR count). The van der Waals surface area contributed by atoms with Crippen molar-refractivity contribution in [3.05, 3.63) is 75.3 Å². The van der Waals surface area contributed by atoms with Crippen molar-refractivity contribution in [2.45, 2.75) is 25.1 Å². The molecule has 1 aliphatic rings. The highest BCUT2D eigenvalue weighted by Gasteiger charge is 2.59. The number of rotatable bonds is 5. The van der Waals surface area contributed by atoms with Gasteiger partial charge in [0.25, 0.3) is 5.91 Å². The number of carbonyl (C=O) groups excluding carboxylic acids is 1. The molecule has 1 atom stereocenters. The summed E-state index contributed by atoms with van der Waals surface area (Å²) in [5, 5.41) is 2.86. The molecule has 2 aromatic carbocycles. The van der Waals surface area contributed by atoms with Crippen LogP contribution in [0.1, 0.15) is 34.8 Å². The topological polar surface area (TPSA) is 50.4 Å². The maximum Gasteiger partial charge on any atom is 0.428 e. The standard InChI is InChI=1S/C20H17Cl2F3N2O2/c1-2-9-26-18(28)13-5-3-12(4-6-13)17-11-19(29-27-17,20(23,24)25)14-7-8-15(21)16(22)10-14/h3-8,10-11,27H,2,9H2,1H3,(H,26,28). The summed E-state index contributed by atoms with van der Waals surface area (Å²) in [7, 11) is 0. The number of hydroxylamine groups is 1. The predicted molar refractivity (Wildman–Crippen MR) is 105 cm³/mol. The summed E-state index contributed by atoms with van der Waals surface area (Å²) in [5.74, 6) is -0.247. The largest absolute Gasteiger partial charge is 0.428 e. The first kappa shape index (κ1) is 21.5. The first-order chi connectivity index (χ1) is 13.7. The van der Waals surface area contributed by atoms with Gasteiger partial charge in [0.05, 0.1) is 15.7 Å². The van der Waals surface area contributed by atoms with Gasteiger partial charge in [0.1, 0.15) is 0 Å². The molecule has 4 nitrogen and oxygen atoms in total. The number of carbonyl (C=O) groups is 1. The van der Waals surface area contributed by atoms with Crippen molar-refractivity contribution >= 4 is 34.8 Å². The molecule has 0 radical (unpaired) electrons. The molecular formula is C20H17Cl2F3N2O2. The Hall–Kier alpha value is -2.22. The highest BCUT2D eigenvalue weighted by Crippen LogP contribution is 2.48. The zero-order valence-electron chi connectivity index (χ0n) is 15.2. The van der Waals surface area contributed by atoms with E-state index < -0.39 is 11.8 Å². The van der Waals surface area contributed by atoms with Crippen molar-refractivity contribution < 1.29 is 22.8 Å². The predicted octanol–water partition coefficient (Wildman–Crippen LogP) is 5.47. The minimum Gasteiger partial charge on any atom is -0.352 e. The third kappa shape index (κ3) is 4.22. The molecule has 1 unspecified atom stereocenters. The lowest BCUT2D eigenvalue weighted by Crippen LogP contribution is -2.42. The number of benzene rings is 2. The van der Waals surface area contributed by atoms with E-state index in [0.29, 0.717) is 17.7 Å². The summed E-state index contributed by atoms with van der Waals surface area (Å²) in [6.07, 6.45) is -3.02. The van der Waals surface area contributed by atoms with E-state index in [-0.39, 0.29) is 27.2 Å². The Bertz CT molecular complexity index is 946. The van der Waals surface area contributed by atoms with Gasteiger partial charge in [-0.25, -0.2) is 0 Å². The van der Waals surface area contributed by atoms with Gasteiger partial charge in [-0.1, -0.05) is 48.3 Å². The van der Waals surface area contributed by atoms with Crippen LogP contribution < -0.4 is 10.8 Å². The van der Waals surface area contributed by atoms with Crippen LogP contribution in [0.25, 0.3) is 5.70 Å². The number of halogens is 5. The first-order valence-corrected chi connectivity index (χ1v) is 9.51. The number of hydrogen-bond acceptors (Lipinski definition) is 3. The van der Waals surface area contributed by atoms with E-state index in [1.54, 1.807) is 12.1 Å². The van der Waals surface area contributed by atoms with Gasteiger partial charge in [-0.2, -0.15) is 13.2 Å². The molecule has 1 aliphatic heterocycles. The Morgan fingerprint density at radius 1 is 1.14 bits per heavy atom. The van der Waals surface area contributed by atoms with E-state index in [1.165, 1.54) is 24.3 Å². The third-order valence-corrected chi connectivity index (χ3v) is 5.17.